The van der Waals surface area contributed by atoms with Crippen LogP contribution in [0.15, 0.2) is 36.4 Å². The Balaban J connectivity index is 1.97. The minimum absolute atomic E-state index is 0.00542. The quantitative estimate of drug-likeness (QED) is 0.746. The molecule has 0 spiro atoms. The topological polar surface area (TPSA) is 48.7 Å². The maximum atomic E-state index is 13.2. The maximum Gasteiger partial charge on any atom is 0.188 e. The van der Waals surface area contributed by atoms with Crippen LogP contribution in [0.3, 0.4) is 0 Å². The van der Waals surface area contributed by atoms with Gasteiger partial charge in [0.1, 0.15) is 11.9 Å². The Bertz CT molecular complexity index is 838. The van der Waals surface area contributed by atoms with E-state index in [0.29, 0.717) is 15.8 Å². The van der Waals surface area contributed by atoms with Crippen LogP contribution >= 0.6 is 22.9 Å². The van der Waals surface area contributed by atoms with Gasteiger partial charge in [0.05, 0.1) is 20.8 Å². The molecular formula is C14H7ClFN3S. The number of anilines is 2. The zero-order valence-corrected chi connectivity index (χ0v) is 11.6. The Morgan fingerprint density at radius 2 is 2.15 bits per heavy atom. The molecular weight excluding hydrogens is 297 g/mol. The lowest BCUT2D eigenvalue weighted by molar-refractivity contribution is 0.624. The average molecular weight is 304 g/mol. The monoisotopic (exact) mass is 303 g/mol. The number of hydrogen-bond acceptors (Lipinski definition) is 4. The Labute approximate surface area is 123 Å². The van der Waals surface area contributed by atoms with Gasteiger partial charge in [-0.2, -0.15) is 5.26 Å². The fourth-order valence-corrected chi connectivity index (χ4v) is 2.96. The molecule has 1 N–H and O–H groups in total. The van der Waals surface area contributed by atoms with Gasteiger partial charge in [-0.3, -0.25) is 0 Å². The standard InChI is InChI=1S/C14H7ClFN3S/c15-10-2-1-3-12-13(10)20-14(19-12)18-9-4-5-11(16)8(6-9)7-17/h1-6H,(H,18,19). The third-order valence-corrected chi connectivity index (χ3v) is 4.15. The van der Waals surface area contributed by atoms with E-state index in [1.807, 2.05) is 12.1 Å². The van der Waals surface area contributed by atoms with Crippen molar-refractivity contribution in [2.24, 2.45) is 0 Å². The highest BCUT2D eigenvalue weighted by Crippen LogP contribution is 2.33. The predicted octanol–water partition coefficient (Wildman–Crippen LogP) is 4.70. The molecule has 0 aliphatic heterocycles. The van der Waals surface area contributed by atoms with Crippen molar-refractivity contribution in [1.29, 1.82) is 5.26 Å². The van der Waals surface area contributed by atoms with Gasteiger partial charge >= 0.3 is 0 Å². The van der Waals surface area contributed by atoms with Gasteiger partial charge in [-0.05, 0) is 30.3 Å². The first-order chi connectivity index (χ1) is 9.67. The zero-order valence-electron chi connectivity index (χ0n) is 10.0. The molecule has 0 radical (unpaired) electrons. The summed E-state index contributed by atoms with van der Waals surface area (Å²) in [7, 11) is 0. The summed E-state index contributed by atoms with van der Waals surface area (Å²) in [6.07, 6.45) is 0. The molecule has 20 heavy (non-hydrogen) atoms. The van der Waals surface area contributed by atoms with Gasteiger partial charge in [-0.15, -0.1) is 0 Å². The van der Waals surface area contributed by atoms with Crippen molar-refractivity contribution in [3.63, 3.8) is 0 Å². The van der Waals surface area contributed by atoms with Crippen molar-refractivity contribution >= 4 is 44.0 Å². The molecule has 0 bridgehead atoms. The summed E-state index contributed by atoms with van der Waals surface area (Å²) in [5, 5.41) is 13.2. The summed E-state index contributed by atoms with van der Waals surface area (Å²) in [6, 6.07) is 11.6. The molecule has 3 rings (SSSR count). The first-order valence-electron chi connectivity index (χ1n) is 5.69. The zero-order chi connectivity index (χ0) is 14.1. The third-order valence-electron chi connectivity index (χ3n) is 2.71. The number of halogens is 2. The molecule has 1 heterocycles. The van der Waals surface area contributed by atoms with Crippen LogP contribution in [0.5, 0.6) is 0 Å². The number of nitrogens with zero attached hydrogens (tertiary/aromatic N) is 2. The largest absolute Gasteiger partial charge is 0.331 e. The smallest absolute Gasteiger partial charge is 0.188 e. The van der Waals surface area contributed by atoms with Crippen molar-refractivity contribution in [2.75, 3.05) is 5.32 Å². The fraction of sp³-hybridized carbons (Fsp3) is 0. The Hall–Kier alpha value is -2.16. The number of hydrogen-bond donors (Lipinski definition) is 1. The summed E-state index contributed by atoms with van der Waals surface area (Å²) in [4.78, 5) is 4.39. The van der Waals surface area contributed by atoms with Crippen molar-refractivity contribution in [1.82, 2.24) is 4.98 Å². The Morgan fingerprint density at radius 3 is 2.90 bits per heavy atom. The van der Waals surface area contributed by atoms with Crippen molar-refractivity contribution in [3.05, 3.63) is 52.8 Å². The van der Waals surface area contributed by atoms with Crippen molar-refractivity contribution in [3.8, 4) is 6.07 Å². The second kappa shape index (κ2) is 5.08. The number of nitrogens with one attached hydrogen (secondary N) is 1. The van der Waals surface area contributed by atoms with E-state index in [0.717, 1.165) is 10.2 Å². The summed E-state index contributed by atoms with van der Waals surface area (Å²) in [5.41, 5.74) is 1.40. The van der Waals surface area contributed by atoms with Gasteiger partial charge in [-0.1, -0.05) is 29.0 Å². The molecule has 0 saturated carbocycles. The summed E-state index contributed by atoms with van der Waals surface area (Å²) >= 11 is 7.50. The molecule has 0 aliphatic rings. The molecule has 6 heteroatoms. The maximum absolute atomic E-state index is 13.2. The van der Waals surface area contributed by atoms with Gasteiger partial charge in [0.25, 0.3) is 0 Å². The second-order valence-corrected chi connectivity index (χ2v) is 5.44. The third kappa shape index (κ3) is 2.31. The number of benzene rings is 2. The van der Waals surface area contributed by atoms with Gasteiger partial charge in [0, 0.05) is 5.69 Å². The number of nitriles is 1. The lowest BCUT2D eigenvalue weighted by atomic mass is 10.2. The van der Waals surface area contributed by atoms with Gasteiger partial charge in [0.15, 0.2) is 5.13 Å². The molecule has 0 amide bonds. The molecule has 3 aromatic rings. The predicted molar refractivity (Wildman–Crippen MR) is 79.0 cm³/mol. The summed E-state index contributed by atoms with van der Waals surface area (Å²) < 4.78 is 14.1. The number of thiazole rings is 1. The van der Waals surface area contributed by atoms with E-state index < -0.39 is 5.82 Å². The van der Waals surface area contributed by atoms with Crippen molar-refractivity contribution < 1.29 is 4.39 Å². The average Bonchev–Trinajstić information content (AvgIpc) is 2.85. The molecule has 0 fully saturated rings. The van der Waals surface area contributed by atoms with Crippen LogP contribution in [-0.2, 0) is 0 Å². The molecule has 0 aliphatic carbocycles. The number of aromatic nitrogens is 1. The van der Waals surface area contributed by atoms with Crippen LogP contribution in [-0.4, -0.2) is 4.98 Å². The minimum atomic E-state index is -0.537. The lowest BCUT2D eigenvalue weighted by Gasteiger charge is -2.02. The lowest BCUT2D eigenvalue weighted by Crippen LogP contribution is -1.91. The van der Waals surface area contributed by atoms with E-state index in [1.165, 1.54) is 23.5 Å². The molecule has 2 aromatic carbocycles. The highest BCUT2D eigenvalue weighted by Gasteiger charge is 2.08. The van der Waals surface area contributed by atoms with Crippen LogP contribution in [0.25, 0.3) is 10.2 Å². The molecule has 98 valence electrons. The van der Waals surface area contributed by atoms with E-state index in [9.17, 15) is 4.39 Å². The SMILES string of the molecule is N#Cc1cc(Nc2nc3cccc(Cl)c3s2)ccc1F. The van der Waals surface area contributed by atoms with E-state index >= 15 is 0 Å². The van der Waals surface area contributed by atoms with E-state index in [-0.39, 0.29) is 5.56 Å². The Morgan fingerprint density at radius 1 is 1.30 bits per heavy atom. The van der Waals surface area contributed by atoms with E-state index in [4.69, 9.17) is 16.9 Å². The van der Waals surface area contributed by atoms with Crippen LogP contribution in [0.2, 0.25) is 5.02 Å². The number of fused-ring (bicyclic) bond motifs is 1. The fourth-order valence-electron chi connectivity index (χ4n) is 1.78. The van der Waals surface area contributed by atoms with Crippen LogP contribution in [0, 0.1) is 17.1 Å². The summed E-state index contributed by atoms with van der Waals surface area (Å²) in [5.74, 6) is -0.537. The second-order valence-electron chi connectivity index (χ2n) is 4.04. The first-order valence-corrected chi connectivity index (χ1v) is 6.88. The van der Waals surface area contributed by atoms with E-state index in [1.54, 1.807) is 18.2 Å². The molecule has 0 unspecified atom stereocenters. The molecule has 0 saturated heterocycles. The van der Waals surface area contributed by atoms with Gasteiger partial charge in [-0.25, -0.2) is 9.37 Å². The van der Waals surface area contributed by atoms with Crippen molar-refractivity contribution in [2.45, 2.75) is 0 Å². The molecule has 1 aromatic heterocycles. The van der Waals surface area contributed by atoms with E-state index in [2.05, 4.69) is 10.3 Å². The van der Waals surface area contributed by atoms with Crippen LogP contribution in [0.1, 0.15) is 5.56 Å². The highest BCUT2D eigenvalue weighted by molar-refractivity contribution is 7.22. The van der Waals surface area contributed by atoms with Crippen LogP contribution < -0.4 is 5.32 Å². The molecule has 0 atom stereocenters. The highest BCUT2D eigenvalue weighted by atomic mass is 35.5. The van der Waals surface area contributed by atoms with Gasteiger partial charge in [0.2, 0.25) is 0 Å². The minimum Gasteiger partial charge on any atom is -0.331 e. The molecule has 3 nitrogen and oxygen atoms in total. The van der Waals surface area contributed by atoms with Crippen LogP contribution in [0.4, 0.5) is 15.2 Å². The summed E-state index contributed by atoms with van der Waals surface area (Å²) in [6.45, 7) is 0. The first kappa shape index (κ1) is 12.9. The van der Waals surface area contributed by atoms with Gasteiger partial charge < -0.3 is 5.32 Å². The number of rotatable bonds is 2. The normalized spacial score (nSPS) is 10.4. The Kier molecular flexibility index (Phi) is 3.26.